The van der Waals surface area contributed by atoms with Crippen LogP contribution in [0.2, 0.25) is 0 Å². The van der Waals surface area contributed by atoms with Gasteiger partial charge in [0.25, 0.3) is 0 Å². The number of nitriles is 1. The third-order valence-corrected chi connectivity index (χ3v) is 4.52. The van der Waals surface area contributed by atoms with Gasteiger partial charge in [-0.3, -0.25) is 4.68 Å². The number of nitrogens with one attached hydrogen (secondary N) is 1. The molecule has 0 saturated heterocycles. The molecule has 2 rings (SSSR count). The fourth-order valence-electron chi connectivity index (χ4n) is 3.12. The second-order valence-corrected chi connectivity index (χ2v) is 5.68. The van der Waals surface area contributed by atoms with Crippen LogP contribution in [0.15, 0.2) is 0 Å². The Hall–Kier alpha value is -1.54. The van der Waals surface area contributed by atoms with Gasteiger partial charge in [-0.1, -0.05) is 19.8 Å². The van der Waals surface area contributed by atoms with Gasteiger partial charge in [0.2, 0.25) is 0 Å². The highest BCUT2D eigenvalue weighted by molar-refractivity contribution is 5.56. The van der Waals surface area contributed by atoms with Crippen molar-refractivity contribution in [2.24, 2.45) is 18.7 Å². The van der Waals surface area contributed by atoms with Crippen molar-refractivity contribution in [1.29, 1.82) is 5.26 Å². The fraction of sp³-hybridized carbons (Fsp3) is 0.714. The van der Waals surface area contributed by atoms with Gasteiger partial charge in [0.15, 0.2) is 0 Å². The molecule has 5 nitrogen and oxygen atoms in total. The molecule has 0 aromatic carbocycles. The lowest BCUT2D eigenvalue weighted by atomic mass is 9.73. The molecule has 0 radical (unpaired) electrons. The van der Waals surface area contributed by atoms with E-state index in [0.717, 1.165) is 17.9 Å². The van der Waals surface area contributed by atoms with E-state index in [-0.39, 0.29) is 5.54 Å². The van der Waals surface area contributed by atoms with E-state index < -0.39 is 0 Å². The van der Waals surface area contributed by atoms with Gasteiger partial charge in [-0.05, 0) is 25.7 Å². The SMILES string of the molecule is Cc1nn(C)c(NC2(CN)CCCCC2C)c1C#N. The van der Waals surface area contributed by atoms with E-state index in [0.29, 0.717) is 18.0 Å². The van der Waals surface area contributed by atoms with Gasteiger partial charge in [-0.25, -0.2) is 0 Å². The van der Waals surface area contributed by atoms with E-state index in [1.165, 1.54) is 19.3 Å². The topological polar surface area (TPSA) is 79.7 Å². The van der Waals surface area contributed by atoms with Crippen molar-refractivity contribution in [3.63, 3.8) is 0 Å². The van der Waals surface area contributed by atoms with E-state index in [9.17, 15) is 5.26 Å². The second kappa shape index (κ2) is 5.22. The van der Waals surface area contributed by atoms with Crippen LogP contribution < -0.4 is 11.1 Å². The summed E-state index contributed by atoms with van der Waals surface area (Å²) in [7, 11) is 1.87. The maximum Gasteiger partial charge on any atom is 0.142 e. The molecular weight excluding hydrogens is 238 g/mol. The second-order valence-electron chi connectivity index (χ2n) is 5.68. The highest BCUT2D eigenvalue weighted by Crippen LogP contribution is 2.36. The molecule has 0 spiro atoms. The van der Waals surface area contributed by atoms with Gasteiger partial charge in [-0.2, -0.15) is 10.4 Å². The molecule has 1 fully saturated rings. The summed E-state index contributed by atoms with van der Waals surface area (Å²) in [5, 5.41) is 17.2. The quantitative estimate of drug-likeness (QED) is 0.871. The van der Waals surface area contributed by atoms with E-state index in [2.05, 4.69) is 23.4 Å². The summed E-state index contributed by atoms with van der Waals surface area (Å²) in [4.78, 5) is 0. The minimum absolute atomic E-state index is 0.107. The number of nitrogens with two attached hydrogens (primary N) is 1. The monoisotopic (exact) mass is 261 g/mol. The van der Waals surface area contributed by atoms with E-state index in [4.69, 9.17) is 5.73 Å². The molecule has 0 bridgehead atoms. The Balaban J connectivity index is 2.36. The molecule has 2 unspecified atom stereocenters. The smallest absolute Gasteiger partial charge is 0.142 e. The summed E-state index contributed by atoms with van der Waals surface area (Å²) in [6, 6.07) is 2.24. The highest BCUT2D eigenvalue weighted by atomic mass is 15.3. The van der Waals surface area contributed by atoms with Crippen LogP contribution in [0.5, 0.6) is 0 Å². The number of hydrogen-bond donors (Lipinski definition) is 2. The van der Waals surface area contributed by atoms with Crippen molar-refractivity contribution in [2.75, 3.05) is 11.9 Å². The van der Waals surface area contributed by atoms with Crippen molar-refractivity contribution in [2.45, 2.75) is 45.1 Å². The van der Waals surface area contributed by atoms with Gasteiger partial charge in [0, 0.05) is 13.6 Å². The number of aromatic nitrogens is 2. The van der Waals surface area contributed by atoms with Crippen LogP contribution in [-0.4, -0.2) is 21.9 Å². The van der Waals surface area contributed by atoms with Crippen LogP contribution >= 0.6 is 0 Å². The fourth-order valence-corrected chi connectivity index (χ4v) is 3.12. The first-order valence-corrected chi connectivity index (χ1v) is 6.96. The standard InChI is InChI=1S/C14H23N5/c1-10-6-4-5-7-14(10,9-16)17-13-12(8-15)11(2)18-19(13)3/h10,17H,4-7,9,16H2,1-3H3. The van der Waals surface area contributed by atoms with Crippen LogP contribution in [0.1, 0.15) is 43.9 Å². The summed E-state index contributed by atoms with van der Waals surface area (Å²) >= 11 is 0. The number of nitrogens with zero attached hydrogens (tertiary/aromatic N) is 3. The summed E-state index contributed by atoms with van der Waals surface area (Å²) in [5.41, 5.74) is 7.34. The Morgan fingerprint density at radius 2 is 2.32 bits per heavy atom. The average Bonchev–Trinajstić information content (AvgIpc) is 2.66. The molecule has 2 atom stereocenters. The number of anilines is 1. The van der Waals surface area contributed by atoms with Crippen molar-refractivity contribution in [1.82, 2.24) is 9.78 Å². The maximum absolute atomic E-state index is 9.29. The summed E-state index contributed by atoms with van der Waals surface area (Å²) in [6.45, 7) is 4.70. The molecule has 1 aliphatic carbocycles. The predicted octanol–water partition coefficient (Wildman–Crippen LogP) is 1.92. The highest BCUT2D eigenvalue weighted by Gasteiger charge is 2.38. The first-order chi connectivity index (χ1) is 9.04. The zero-order valence-electron chi connectivity index (χ0n) is 12.0. The number of rotatable bonds is 3. The third kappa shape index (κ3) is 2.33. The zero-order chi connectivity index (χ0) is 14.0. The van der Waals surface area contributed by atoms with Crippen LogP contribution in [-0.2, 0) is 7.05 Å². The molecule has 5 heteroatoms. The Morgan fingerprint density at radius 3 is 2.89 bits per heavy atom. The van der Waals surface area contributed by atoms with Crippen molar-refractivity contribution in [3.05, 3.63) is 11.3 Å². The average molecular weight is 261 g/mol. The van der Waals surface area contributed by atoms with E-state index in [1.54, 1.807) is 4.68 Å². The first kappa shape index (κ1) is 13.9. The lowest BCUT2D eigenvalue weighted by Crippen LogP contribution is -2.52. The zero-order valence-corrected chi connectivity index (χ0v) is 12.0. The summed E-state index contributed by atoms with van der Waals surface area (Å²) < 4.78 is 1.76. The minimum Gasteiger partial charge on any atom is -0.362 e. The Labute approximate surface area is 114 Å². The van der Waals surface area contributed by atoms with Crippen molar-refractivity contribution < 1.29 is 0 Å². The third-order valence-electron chi connectivity index (χ3n) is 4.52. The molecular formula is C14H23N5. The molecule has 0 aliphatic heterocycles. The molecule has 19 heavy (non-hydrogen) atoms. The molecule has 1 aromatic heterocycles. The Morgan fingerprint density at radius 1 is 1.58 bits per heavy atom. The molecule has 1 saturated carbocycles. The molecule has 1 aromatic rings. The Bertz CT molecular complexity index is 499. The number of hydrogen-bond acceptors (Lipinski definition) is 4. The summed E-state index contributed by atoms with van der Waals surface area (Å²) in [5.74, 6) is 1.31. The lowest BCUT2D eigenvalue weighted by Gasteiger charge is -2.43. The molecule has 3 N–H and O–H groups in total. The van der Waals surface area contributed by atoms with Gasteiger partial charge in [0.05, 0.1) is 11.2 Å². The van der Waals surface area contributed by atoms with Crippen LogP contribution in [0, 0.1) is 24.2 Å². The van der Waals surface area contributed by atoms with Crippen LogP contribution in [0.3, 0.4) is 0 Å². The van der Waals surface area contributed by atoms with Gasteiger partial charge in [-0.15, -0.1) is 0 Å². The van der Waals surface area contributed by atoms with Crippen LogP contribution in [0.4, 0.5) is 5.82 Å². The van der Waals surface area contributed by atoms with Gasteiger partial charge in [0.1, 0.15) is 17.5 Å². The minimum atomic E-state index is -0.107. The van der Waals surface area contributed by atoms with Gasteiger partial charge >= 0.3 is 0 Å². The first-order valence-electron chi connectivity index (χ1n) is 6.96. The van der Waals surface area contributed by atoms with Gasteiger partial charge < -0.3 is 11.1 Å². The predicted molar refractivity (Wildman–Crippen MR) is 75.7 cm³/mol. The van der Waals surface area contributed by atoms with E-state index in [1.807, 2.05) is 14.0 Å². The number of aryl methyl sites for hydroxylation is 2. The van der Waals surface area contributed by atoms with E-state index >= 15 is 0 Å². The maximum atomic E-state index is 9.29. The molecule has 0 amide bonds. The molecule has 1 heterocycles. The van der Waals surface area contributed by atoms with Crippen LogP contribution in [0.25, 0.3) is 0 Å². The van der Waals surface area contributed by atoms with Crippen molar-refractivity contribution in [3.8, 4) is 6.07 Å². The molecule has 1 aliphatic rings. The molecule has 104 valence electrons. The largest absolute Gasteiger partial charge is 0.362 e. The van der Waals surface area contributed by atoms with Crippen molar-refractivity contribution >= 4 is 5.82 Å². The Kier molecular flexibility index (Phi) is 3.81. The normalized spacial score (nSPS) is 27.0. The summed E-state index contributed by atoms with van der Waals surface area (Å²) in [6.07, 6.45) is 4.69. The lowest BCUT2D eigenvalue weighted by molar-refractivity contribution is 0.234.